The summed E-state index contributed by atoms with van der Waals surface area (Å²) in [4.78, 5) is 12.2. The Balaban J connectivity index is 1.95. The summed E-state index contributed by atoms with van der Waals surface area (Å²) in [5.41, 5.74) is -1.89. The van der Waals surface area contributed by atoms with E-state index in [2.05, 4.69) is 0 Å². The number of hydrogen-bond acceptors (Lipinski definition) is 5. The maximum Gasteiger partial charge on any atom is 0.341 e. The number of esters is 1. The largest absolute Gasteiger partial charge is 0.633 e. The monoisotopic (exact) mass is 301 g/mol. The lowest BCUT2D eigenvalue weighted by molar-refractivity contribution is -0.881. The first-order valence-corrected chi connectivity index (χ1v) is 7.87. The van der Waals surface area contributed by atoms with Gasteiger partial charge >= 0.3 is 5.97 Å². The van der Waals surface area contributed by atoms with E-state index in [9.17, 15) is 20.2 Å². The molecule has 2 saturated heterocycles. The molecule has 21 heavy (non-hydrogen) atoms. The number of carbonyl (C=O) groups excluding carboxylic acids is 1. The van der Waals surface area contributed by atoms with Gasteiger partial charge < -0.3 is 24.8 Å². The normalized spacial score (nSPS) is 36.3. The van der Waals surface area contributed by atoms with E-state index in [-0.39, 0.29) is 23.2 Å². The molecule has 0 aromatic carbocycles. The Morgan fingerprint density at radius 2 is 2.05 bits per heavy atom. The van der Waals surface area contributed by atoms with Gasteiger partial charge in [-0.15, -0.1) is 0 Å². The Morgan fingerprint density at radius 1 is 1.38 bits per heavy atom. The van der Waals surface area contributed by atoms with Crippen LogP contribution >= 0.6 is 0 Å². The van der Waals surface area contributed by atoms with E-state index in [1.807, 2.05) is 0 Å². The Hall–Kier alpha value is -0.690. The van der Waals surface area contributed by atoms with Crippen LogP contribution < -0.4 is 0 Å². The molecule has 2 N–H and O–H groups in total. The van der Waals surface area contributed by atoms with Gasteiger partial charge in [-0.1, -0.05) is 13.8 Å². The highest BCUT2D eigenvalue weighted by molar-refractivity contribution is 5.80. The summed E-state index contributed by atoms with van der Waals surface area (Å²) < 4.78 is 5.12. The van der Waals surface area contributed by atoms with Crippen LogP contribution in [-0.2, 0) is 9.53 Å². The number of aliphatic hydroxyl groups is 2. The summed E-state index contributed by atoms with van der Waals surface area (Å²) in [5.74, 6) is -1.17. The molecular formula is C15H27NO5. The molecule has 2 aliphatic heterocycles. The molecule has 0 bridgehead atoms. The molecule has 2 heterocycles. The fourth-order valence-electron chi connectivity index (χ4n) is 3.82. The fraction of sp³-hybridized carbons (Fsp3) is 0.933. The number of hydrogen-bond donors (Lipinski definition) is 2. The van der Waals surface area contributed by atoms with Crippen molar-refractivity contribution in [2.24, 2.45) is 11.8 Å². The van der Waals surface area contributed by atoms with Crippen molar-refractivity contribution >= 4 is 5.97 Å². The number of nitrogens with zero attached hydrogens (tertiary/aromatic N) is 1. The predicted octanol–water partition coefficient (Wildman–Crippen LogP) is 0.794. The third kappa shape index (κ3) is 2.82. The van der Waals surface area contributed by atoms with Crippen LogP contribution in [0, 0.1) is 17.0 Å². The predicted molar refractivity (Wildman–Crippen MR) is 76.9 cm³/mol. The topological polar surface area (TPSA) is 89.8 Å². The van der Waals surface area contributed by atoms with Crippen LogP contribution in [0.1, 0.15) is 40.0 Å². The van der Waals surface area contributed by atoms with E-state index < -0.39 is 23.6 Å². The highest BCUT2D eigenvalue weighted by Crippen LogP contribution is 2.39. The van der Waals surface area contributed by atoms with E-state index in [4.69, 9.17) is 4.74 Å². The van der Waals surface area contributed by atoms with Gasteiger partial charge in [0.2, 0.25) is 0 Å². The molecule has 2 fully saturated rings. The Bertz CT molecular complexity index is 390. The second kappa shape index (κ2) is 5.83. The van der Waals surface area contributed by atoms with Gasteiger partial charge in [0.05, 0.1) is 31.2 Å². The van der Waals surface area contributed by atoms with Gasteiger partial charge in [-0.25, -0.2) is 4.79 Å². The zero-order valence-electron chi connectivity index (χ0n) is 13.1. The lowest BCUT2D eigenvalue weighted by atomic mass is 9.85. The molecule has 0 unspecified atom stereocenters. The summed E-state index contributed by atoms with van der Waals surface area (Å²) in [7, 11) is 0. The van der Waals surface area contributed by atoms with Crippen LogP contribution in [0.5, 0.6) is 0 Å². The minimum absolute atomic E-state index is 0.0245. The minimum Gasteiger partial charge on any atom is -0.633 e. The second-order valence-corrected chi connectivity index (χ2v) is 6.91. The first-order valence-electron chi connectivity index (χ1n) is 7.87. The molecule has 0 radical (unpaired) electrons. The molecule has 0 aliphatic carbocycles. The van der Waals surface area contributed by atoms with Crippen molar-refractivity contribution in [3.63, 3.8) is 0 Å². The van der Waals surface area contributed by atoms with E-state index in [0.717, 1.165) is 19.3 Å². The minimum atomic E-state index is -1.89. The summed E-state index contributed by atoms with van der Waals surface area (Å²) in [5, 5.41) is 32.5. The number of carbonyl (C=O) groups is 1. The standard InChI is InChI=1S/C15H27NO5/c1-10(2)15(19,11(3)17)14(18)21-9-12-6-8-16(20)7-4-5-13(12)16/h10-13,17,19H,4-9H2,1-3H3/t11-,12+,13+,15-,16-/m1/s1. The molecule has 122 valence electrons. The van der Waals surface area contributed by atoms with Gasteiger partial charge in [0.15, 0.2) is 5.60 Å². The highest BCUT2D eigenvalue weighted by Gasteiger charge is 2.49. The van der Waals surface area contributed by atoms with Gasteiger partial charge in [-0.05, 0) is 12.8 Å². The number of ether oxygens (including phenoxy) is 1. The van der Waals surface area contributed by atoms with Gasteiger partial charge in [0.1, 0.15) is 6.61 Å². The zero-order chi connectivity index (χ0) is 15.8. The van der Waals surface area contributed by atoms with Crippen molar-refractivity contribution in [3.05, 3.63) is 5.21 Å². The highest BCUT2D eigenvalue weighted by atomic mass is 16.6. The number of aliphatic hydroxyl groups excluding tert-OH is 1. The first-order chi connectivity index (χ1) is 9.71. The number of quaternary nitrogens is 1. The molecule has 0 saturated carbocycles. The average Bonchev–Trinajstić information content (AvgIpc) is 2.91. The van der Waals surface area contributed by atoms with Crippen molar-refractivity contribution in [3.8, 4) is 0 Å². The molecule has 0 amide bonds. The maximum absolute atomic E-state index is 12.4. The fourth-order valence-corrected chi connectivity index (χ4v) is 3.82. The number of fused-ring (bicyclic) bond motifs is 1. The van der Waals surface area contributed by atoms with E-state index in [1.54, 1.807) is 13.8 Å². The Labute approximate surface area is 125 Å². The Kier molecular flexibility index (Phi) is 4.63. The third-order valence-corrected chi connectivity index (χ3v) is 5.34. The molecule has 6 nitrogen and oxygen atoms in total. The lowest BCUT2D eigenvalue weighted by Crippen LogP contribution is -2.53. The SMILES string of the molecule is CC(C)[C@](O)(C(=O)OC[C@@H]1CC[N@+]2([O-])CCC[C@@H]12)[C@@H](C)O. The molecule has 0 aromatic heterocycles. The van der Waals surface area contributed by atoms with Crippen LogP contribution in [0.4, 0.5) is 0 Å². The van der Waals surface area contributed by atoms with Crippen molar-refractivity contribution < 1.29 is 24.4 Å². The molecule has 6 heteroatoms. The number of hydroxylamine groups is 3. The van der Waals surface area contributed by atoms with Gasteiger partial charge in [0, 0.05) is 19.3 Å². The smallest absolute Gasteiger partial charge is 0.341 e. The zero-order valence-corrected chi connectivity index (χ0v) is 13.1. The summed E-state index contributed by atoms with van der Waals surface area (Å²) >= 11 is 0. The second-order valence-electron chi connectivity index (χ2n) is 6.91. The summed E-state index contributed by atoms with van der Waals surface area (Å²) in [6.45, 7) is 6.14. The van der Waals surface area contributed by atoms with Gasteiger partial charge in [-0.3, -0.25) is 0 Å². The van der Waals surface area contributed by atoms with Crippen LogP contribution in [0.15, 0.2) is 0 Å². The molecule has 2 rings (SSSR count). The quantitative estimate of drug-likeness (QED) is 0.445. The molecule has 0 aromatic rings. The summed E-state index contributed by atoms with van der Waals surface area (Å²) in [6, 6.07) is 0.0245. The van der Waals surface area contributed by atoms with Gasteiger partial charge in [0.25, 0.3) is 0 Å². The first kappa shape index (κ1) is 16.7. The number of rotatable bonds is 5. The van der Waals surface area contributed by atoms with E-state index >= 15 is 0 Å². The van der Waals surface area contributed by atoms with Crippen LogP contribution in [0.25, 0.3) is 0 Å². The molecule has 5 atom stereocenters. The molecule has 0 spiro atoms. The van der Waals surface area contributed by atoms with E-state index in [0.29, 0.717) is 13.1 Å². The average molecular weight is 301 g/mol. The summed E-state index contributed by atoms with van der Waals surface area (Å²) in [6.07, 6.45) is 1.38. The van der Waals surface area contributed by atoms with Crippen LogP contribution in [0.3, 0.4) is 0 Å². The van der Waals surface area contributed by atoms with Crippen molar-refractivity contribution in [2.45, 2.75) is 57.8 Å². The van der Waals surface area contributed by atoms with Crippen molar-refractivity contribution in [1.82, 2.24) is 0 Å². The van der Waals surface area contributed by atoms with Crippen LogP contribution in [-0.4, -0.2) is 58.3 Å². The molecule has 2 aliphatic rings. The van der Waals surface area contributed by atoms with Crippen LogP contribution in [0.2, 0.25) is 0 Å². The van der Waals surface area contributed by atoms with Gasteiger partial charge in [-0.2, -0.15) is 0 Å². The third-order valence-electron chi connectivity index (χ3n) is 5.34. The van der Waals surface area contributed by atoms with Crippen molar-refractivity contribution in [2.75, 3.05) is 19.7 Å². The maximum atomic E-state index is 12.4. The molecular weight excluding hydrogens is 274 g/mol. The Morgan fingerprint density at radius 3 is 2.62 bits per heavy atom. The van der Waals surface area contributed by atoms with E-state index in [1.165, 1.54) is 6.92 Å². The lowest BCUT2D eigenvalue weighted by Gasteiger charge is -2.40. The van der Waals surface area contributed by atoms with Crippen molar-refractivity contribution in [1.29, 1.82) is 0 Å².